The third kappa shape index (κ3) is 4.07. The van der Waals surface area contributed by atoms with Gasteiger partial charge in [0.25, 0.3) is 0 Å². The lowest BCUT2D eigenvalue weighted by molar-refractivity contribution is -0.137. The number of benzene rings is 1. The number of alkyl halides is 3. The predicted octanol–water partition coefficient (Wildman–Crippen LogP) is 4.59. The van der Waals surface area contributed by atoms with Gasteiger partial charge in [-0.25, -0.2) is 4.98 Å². The zero-order valence-electron chi connectivity index (χ0n) is 17.1. The molecule has 0 saturated carbocycles. The quantitative estimate of drug-likeness (QED) is 0.796. The Labute approximate surface area is 174 Å². The molecule has 7 heteroatoms. The summed E-state index contributed by atoms with van der Waals surface area (Å²) in [6.45, 7) is 7.04. The number of hydrogen-bond donors (Lipinski definition) is 1. The maximum atomic E-state index is 13.8. The zero-order valence-corrected chi connectivity index (χ0v) is 17.1. The Morgan fingerprint density at radius 3 is 2.67 bits per heavy atom. The molecule has 1 fully saturated rings. The highest BCUT2D eigenvalue weighted by atomic mass is 19.4. The third-order valence-electron chi connectivity index (χ3n) is 5.50. The van der Waals surface area contributed by atoms with Gasteiger partial charge in [0.1, 0.15) is 11.6 Å². The number of rotatable bonds is 3. The van der Waals surface area contributed by atoms with Crippen molar-refractivity contribution >= 4 is 5.82 Å². The molecule has 1 N–H and O–H groups in total. The molecule has 0 spiro atoms. The summed E-state index contributed by atoms with van der Waals surface area (Å²) in [5.74, 6) is 1.48. The van der Waals surface area contributed by atoms with E-state index in [0.29, 0.717) is 24.0 Å². The Hall–Kier alpha value is -2.80. The molecule has 158 valence electrons. The summed E-state index contributed by atoms with van der Waals surface area (Å²) in [5, 5.41) is 3.42. The van der Waals surface area contributed by atoms with Crippen molar-refractivity contribution in [2.45, 2.75) is 26.1 Å². The molecular formula is C23H25F3N4. The van der Waals surface area contributed by atoms with Gasteiger partial charge in [-0.2, -0.15) is 13.2 Å². The summed E-state index contributed by atoms with van der Waals surface area (Å²) >= 11 is 0. The average Bonchev–Trinajstić information content (AvgIpc) is 2.73. The van der Waals surface area contributed by atoms with Crippen LogP contribution in [0.25, 0.3) is 11.3 Å². The molecule has 2 aliphatic rings. The largest absolute Gasteiger partial charge is 0.418 e. The van der Waals surface area contributed by atoms with E-state index >= 15 is 0 Å². The predicted molar refractivity (Wildman–Crippen MR) is 113 cm³/mol. The second-order valence-electron chi connectivity index (χ2n) is 7.74. The summed E-state index contributed by atoms with van der Waals surface area (Å²) in [7, 11) is 0. The number of nitrogens with zero attached hydrogens (tertiary/aromatic N) is 3. The molecule has 3 heterocycles. The summed E-state index contributed by atoms with van der Waals surface area (Å²) in [5.41, 5.74) is 0.522. The van der Waals surface area contributed by atoms with Crippen LogP contribution in [0, 0.1) is 6.92 Å². The molecule has 0 radical (unpaired) electrons. The molecule has 0 unspecified atom stereocenters. The van der Waals surface area contributed by atoms with Gasteiger partial charge < -0.3 is 15.1 Å². The van der Waals surface area contributed by atoms with Crippen molar-refractivity contribution < 1.29 is 13.2 Å². The van der Waals surface area contributed by atoms with Crippen LogP contribution < -0.4 is 10.2 Å². The summed E-state index contributed by atoms with van der Waals surface area (Å²) in [6, 6.07) is 10.0. The van der Waals surface area contributed by atoms with Gasteiger partial charge in [-0.15, -0.1) is 0 Å². The number of pyridine rings is 1. The van der Waals surface area contributed by atoms with E-state index < -0.39 is 11.7 Å². The van der Waals surface area contributed by atoms with Crippen LogP contribution in [0.2, 0.25) is 0 Å². The number of aromatic nitrogens is 1. The highest BCUT2D eigenvalue weighted by Crippen LogP contribution is 2.39. The molecule has 4 rings (SSSR count). The number of anilines is 1. The zero-order chi connectivity index (χ0) is 21.3. The first kappa shape index (κ1) is 20.5. The highest BCUT2D eigenvalue weighted by molar-refractivity contribution is 5.70. The number of nitrogens with one attached hydrogen (secondary N) is 1. The first-order valence-corrected chi connectivity index (χ1v) is 10.1. The van der Waals surface area contributed by atoms with Gasteiger partial charge in [0.15, 0.2) is 0 Å². The third-order valence-corrected chi connectivity index (χ3v) is 5.50. The second kappa shape index (κ2) is 8.14. The maximum Gasteiger partial charge on any atom is 0.418 e. The van der Waals surface area contributed by atoms with E-state index in [1.807, 2.05) is 29.2 Å². The molecule has 1 atom stereocenters. The Bertz CT molecular complexity index is 981. The van der Waals surface area contributed by atoms with Crippen molar-refractivity contribution in [1.82, 2.24) is 15.2 Å². The summed E-state index contributed by atoms with van der Waals surface area (Å²) in [6.07, 6.45) is 1.51. The first-order valence-electron chi connectivity index (χ1n) is 10.1. The Morgan fingerprint density at radius 1 is 1.13 bits per heavy atom. The van der Waals surface area contributed by atoms with Crippen LogP contribution in [0.3, 0.4) is 0 Å². The van der Waals surface area contributed by atoms with E-state index in [1.165, 1.54) is 6.07 Å². The van der Waals surface area contributed by atoms with Crippen molar-refractivity contribution in [2.75, 3.05) is 31.1 Å². The molecule has 0 bridgehead atoms. The molecule has 30 heavy (non-hydrogen) atoms. The number of halogens is 3. The minimum Gasteiger partial charge on any atom is -0.355 e. The molecule has 1 aromatic heterocycles. The highest BCUT2D eigenvalue weighted by Gasteiger charge is 2.35. The van der Waals surface area contributed by atoms with E-state index in [0.717, 1.165) is 37.1 Å². The van der Waals surface area contributed by atoms with Crippen LogP contribution in [0.15, 0.2) is 60.4 Å². The Balaban J connectivity index is 1.77. The van der Waals surface area contributed by atoms with Crippen LogP contribution >= 0.6 is 0 Å². The molecule has 0 aliphatic carbocycles. The summed E-state index contributed by atoms with van der Waals surface area (Å²) < 4.78 is 41.3. The van der Waals surface area contributed by atoms with Crippen LogP contribution in [-0.4, -0.2) is 42.1 Å². The minimum absolute atomic E-state index is 0.0271. The van der Waals surface area contributed by atoms with Crippen LogP contribution in [0.5, 0.6) is 0 Å². The molecule has 4 nitrogen and oxygen atoms in total. The van der Waals surface area contributed by atoms with Crippen molar-refractivity contribution in [3.63, 3.8) is 0 Å². The van der Waals surface area contributed by atoms with Gasteiger partial charge >= 0.3 is 6.18 Å². The fourth-order valence-corrected chi connectivity index (χ4v) is 4.00. The van der Waals surface area contributed by atoms with Crippen LogP contribution in [-0.2, 0) is 6.18 Å². The monoisotopic (exact) mass is 414 g/mol. The first-order chi connectivity index (χ1) is 14.3. The minimum atomic E-state index is -4.47. The topological polar surface area (TPSA) is 31.4 Å². The molecule has 1 aromatic carbocycles. The van der Waals surface area contributed by atoms with Gasteiger partial charge in [-0.05, 0) is 37.6 Å². The molecule has 2 aliphatic heterocycles. The number of allylic oxidation sites excluding steroid dienone is 2. The summed E-state index contributed by atoms with van der Waals surface area (Å²) in [4.78, 5) is 8.79. The maximum absolute atomic E-state index is 13.8. The lowest BCUT2D eigenvalue weighted by atomic mass is 10.0. The SMILES string of the molecule is Cc1ccccc1-c1nc(N2CC=CC=C2N2CCN[C@H](C)C2)ccc1C(F)(F)F. The molecule has 1 saturated heterocycles. The van der Waals surface area contributed by atoms with E-state index in [1.54, 1.807) is 25.1 Å². The molecular weight excluding hydrogens is 389 g/mol. The Morgan fingerprint density at radius 2 is 1.93 bits per heavy atom. The van der Waals surface area contributed by atoms with Gasteiger partial charge in [0.05, 0.1) is 11.3 Å². The van der Waals surface area contributed by atoms with Gasteiger partial charge in [0, 0.05) is 37.8 Å². The lowest BCUT2D eigenvalue weighted by Gasteiger charge is -2.40. The fraction of sp³-hybridized carbons (Fsp3) is 0.348. The molecule has 2 aromatic rings. The second-order valence-corrected chi connectivity index (χ2v) is 7.74. The van der Waals surface area contributed by atoms with E-state index in [9.17, 15) is 13.2 Å². The van der Waals surface area contributed by atoms with E-state index in [2.05, 4.69) is 22.1 Å². The van der Waals surface area contributed by atoms with Crippen molar-refractivity contribution in [3.8, 4) is 11.3 Å². The van der Waals surface area contributed by atoms with Gasteiger partial charge in [-0.3, -0.25) is 0 Å². The normalized spacial score (nSPS) is 19.8. The average molecular weight is 414 g/mol. The van der Waals surface area contributed by atoms with Crippen LogP contribution in [0.1, 0.15) is 18.1 Å². The fourth-order valence-electron chi connectivity index (χ4n) is 4.00. The van der Waals surface area contributed by atoms with E-state index in [-0.39, 0.29) is 5.69 Å². The molecule has 0 amide bonds. The lowest BCUT2D eigenvalue weighted by Crippen LogP contribution is -2.51. The van der Waals surface area contributed by atoms with Crippen molar-refractivity contribution in [1.29, 1.82) is 0 Å². The number of hydrogen-bond acceptors (Lipinski definition) is 4. The van der Waals surface area contributed by atoms with Crippen molar-refractivity contribution in [3.05, 3.63) is 71.6 Å². The van der Waals surface area contributed by atoms with Crippen LogP contribution in [0.4, 0.5) is 19.0 Å². The van der Waals surface area contributed by atoms with Gasteiger partial charge in [-0.1, -0.05) is 36.4 Å². The number of piperazine rings is 1. The van der Waals surface area contributed by atoms with Crippen molar-refractivity contribution in [2.24, 2.45) is 0 Å². The smallest absolute Gasteiger partial charge is 0.355 e. The number of aryl methyl sites for hydroxylation is 1. The van der Waals surface area contributed by atoms with E-state index in [4.69, 9.17) is 0 Å². The Kier molecular flexibility index (Phi) is 5.56. The standard InChI is InChI=1S/C23H25F3N4/c1-16-7-3-4-8-18(16)22-19(23(24,25)26)10-11-20(28-22)30-13-6-5-9-21(30)29-14-12-27-17(2)15-29/h3-11,17,27H,12-15H2,1-2H3/t17-/m1/s1. The van der Waals surface area contributed by atoms with Gasteiger partial charge in [0.2, 0.25) is 0 Å².